The minimum Gasteiger partial charge on any atom is -0.369 e. The first-order chi connectivity index (χ1) is 22.0. The van der Waals surface area contributed by atoms with Crippen molar-refractivity contribution < 1.29 is 9.59 Å². The number of hydrogen-bond acceptors (Lipinski definition) is 6. The Balaban J connectivity index is 0.000000208. The minimum absolute atomic E-state index is 0. The number of hydrogen-bond donors (Lipinski definition) is 6. The molecule has 0 fully saturated rings. The van der Waals surface area contributed by atoms with E-state index in [0.29, 0.717) is 39.4 Å². The molecule has 2 heterocycles. The van der Waals surface area contributed by atoms with Crippen LogP contribution in [-0.4, -0.2) is 31.8 Å². The number of nitrogen functional groups attached to an aromatic ring is 2. The van der Waals surface area contributed by atoms with Gasteiger partial charge in [-0.05, 0) is 84.3 Å². The van der Waals surface area contributed by atoms with Crippen LogP contribution in [0.15, 0.2) is 106 Å². The second kappa shape index (κ2) is 15.6. The van der Waals surface area contributed by atoms with Gasteiger partial charge in [0.2, 0.25) is 0 Å². The van der Waals surface area contributed by atoms with Crippen LogP contribution in [0.5, 0.6) is 0 Å². The van der Waals surface area contributed by atoms with E-state index in [1.54, 1.807) is 36.7 Å². The Morgan fingerprint density at radius 3 is 1.49 bits per heavy atom. The standard InChI is InChI=1S/C17H15ClN4O.C16H12Br2N4O.CH4/c1-10-6-12(8-13(18)7-10)16(23)21-14-4-2-11(3-5-14)15-9-20-17(19)22-15;17-11-5-10(6-12(18)7-11)15(23)21-13-3-1-9(2-4-13)14-8-20-16(19)22-14;/h2-9H,1H3,(H,21,23)(H3,19,20,22);1-8H,(H,21,23)(H3,19,20,22);1H4. The molecule has 2 amide bonds. The number of rotatable bonds is 6. The largest absolute Gasteiger partial charge is 0.369 e. The molecule has 0 bridgehead atoms. The van der Waals surface area contributed by atoms with Crippen molar-refractivity contribution in [2.24, 2.45) is 0 Å². The van der Waals surface area contributed by atoms with E-state index in [4.69, 9.17) is 23.1 Å². The molecule has 47 heavy (non-hydrogen) atoms. The maximum atomic E-state index is 12.3. The lowest BCUT2D eigenvalue weighted by Crippen LogP contribution is -2.12. The van der Waals surface area contributed by atoms with Crippen molar-refractivity contribution >= 4 is 78.5 Å². The number of nitrogens with zero attached hydrogens (tertiary/aromatic N) is 2. The van der Waals surface area contributed by atoms with E-state index in [1.807, 2.05) is 67.6 Å². The molecule has 0 radical (unpaired) electrons. The smallest absolute Gasteiger partial charge is 0.255 e. The van der Waals surface area contributed by atoms with Gasteiger partial charge in [0.15, 0.2) is 11.9 Å². The summed E-state index contributed by atoms with van der Waals surface area (Å²) in [7, 11) is 0. The minimum atomic E-state index is -0.200. The van der Waals surface area contributed by atoms with Crippen LogP contribution in [0.3, 0.4) is 0 Å². The SMILES string of the molecule is C.Cc1cc(Cl)cc(C(=O)Nc2ccc(-c3cnc(N)[nH]3)cc2)c1.Nc1ncc(-c2ccc(NC(=O)c3cc(Br)cc(Br)c3)cc2)[nH]1. The summed E-state index contributed by atoms with van der Waals surface area (Å²) in [5.74, 6) is 0.367. The van der Waals surface area contributed by atoms with E-state index in [1.165, 1.54) is 0 Å². The summed E-state index contributed by atoms with van der Waals surface area (Å²) in [6, 6.07) is 25.5. The Hall–Kier alpha value is -4.91. The maximum absolute atomic E-state index is 12.3. The molecule has 0 aliphatic heterocycles. The molecule has 0 unspecified atom stereocenters. The number of nitrogens with two attached hydrogens (primary N) is 2. The van der Waals surface area contributed by atoms with Crippen LogP contribution in [0.1, 0.15) is 33.7 Å². The van der Waals surface area contributed by atoms with Crippen molar-refractivity contribution in [3.8, 4) is 22.5 Å². The average molecular weight is 779 g/mol. The molecule has 8 N–H and O–H groups in total. The van der Waals surface area contributed by atoms with E-state index in [0.717, 1.165) is 37.0 Å². The van der Waals surface area contributed by atoms with Gasteiger partial charge in [-0.2, -0.15) is 0 Å². The first-order valence-corrected chi connectivity index (χ1v) is 15.7. The third-order valence-electron chi connectivity index (χ3n) is 6.53. The van der Waals surface area contributed by atoms with Gasteiger partial charge >= 0.3 is 0 Å². The molecule has 13 heteroatoms. The molecule has 0 saturated carbocycles. The first kappa shape index (κ1) is 35.0. The van der Waals surface area contributed by atoms with Gasteiger partial charge in [0.05, 0.1) is 23.8 Å². The number of nitrogens with one attached hydrogen (secondary N) is 4. The third-order valence-corrected chi connectivity index (χ3v) is 7.66. The van der Waals surface area contributed by atoms with Crippen LogP contribution in [-0.2, 0) is 0 Å². The zero-order chi connectivity index (χ0) is 32.8. The molecule has 10 nitrogen and oxygen atoms in total. The molecule has 0 spiro atoms. The molecule has 6 rings (SSSR count). The van der Waals surface area contributed by atoms with E-state index in [-0.39, 0.29) is 19.2 Å². The van der Waals surface area contributed by atoms with Crippen LogP contribution in [0.25, 0.3) is 22.5 Å². The quantitative estimate of drug-likeness (QED) is 0.0987. The summed E-state index contributed by atoms with van der Waals surface area (Å²) in [6.07, 6.45) is 3.33. The van der Waals surface area contributed by atoms with Gasteiger partial charge in [0.25, 0.3) is 11.8 Å². The molecule has 240 valence electrons. The zero-order valence-electron chi connectivity index (χ0n) is 24.2. The number of H-pyrrole nitrogens is 2. The summed E-state index contributed by atoms with van der Waals surface area (Å²) in [6.45, 7) is 1.90. The maximum Gasteiger partial charge on any atom is 0.255 e. The van der Waals surface area contributed by atoms with Crippen molar-refractivity contribution in [3.63, 3.8) is 0 Å². The summed E-state index contributed by atoms with van der Waals surface area (Å²) in [5.41, 5.74) is 18.1. The number of aromatic amines is 2. The fourth-order valence-electron chi connectivity index (χ4n) is 4.39. The van der Waals surface area contributed by atoms with E-state index >= 15 is 0 Å². The van der Waals surface area contributed by atoms with Gasteiger partial charge in [0, 0.05) is 36.5 Å². The molecular formula is C34H31Br2ClN8O2. The fourth-order valence-corrected chi connectivity index (χ4v) is 5.98. The van der Waals surface area contributed by atoms with Crippen molar-refractivity contribution in [2.75, 3.05) is 22.1 Å². The summed E-state index contributed by atoms with van der Waals surface area (Å²) >= 11 is 12.7. The topological polar surface area (TPSA) is 168 Å². The number of halogens is 3. The van der Waals surface area contributed by atoms with Gasteiger partial charge in [0.1, 0.15) is 0 Å². The normalized spacial score (nSPS) is 10.3. The summed E-state index contributed by atoms with van der Waals surface area (Å²) < 4.78 is 1.67. The first-order valence-electron chi connectivity index (χ1n) is 13.7. The highest BCUT2D eigenvalue weighted by atomic mass is 79.9. The van der Waals surface area contributed by atoms with Crippen molar-refractivity contribution in [3.05, 3.63) is 128 Å². The Morgan fingerprint density at radius 1 is 0.681 bits per heavy atom. The molecule has 0 aliphatic rings. The highest BCUT2D eigenvalue weighted by Gasteiger charge is 2.10. The van der Waals surface area contributed by atoms with Gasteiger partial charge in [-0.1, -0.05) is 75.2 Å². The van der Waals surface area contributed by atoms with Gasteiger partial charge in [-0.25, -0.2) is 9.97 Å². The van der Waals surface area contributed by atoms with Crippen molar-refractivity contribution in [1.82, 2.24) is 19.9 Å². The Morgan fingerprint density at radius 2 is 1.11 bits per heavy atom. The van der Waals surface area contributed by atoms with Crippen LogP contribution in [0.4, 0.5) is 23.3 Å². The molecule has 4 aromatic carbocycles. The monoisotopic (exact) mass is 776 g/mol. The fraction of sp³-hybridized carbons (Fsp3) is 0.0588. The second-order valence-corrected chi connectivity index (χ2v) is 12.4. The number of carbonyl (C=O) groups excluding carboxylic acids is 2. The molecule has 0 atom stereocenters. The van der Waals surface area contributed by atoms with Crippen LogP contribution in [0.2, 0.25) is 5.02 Å². The number of aromatic nitrogens is 4. The van der Waals surface area contributed by atoms with Crippen molar-refractivity contribution in [1.29, 1.82) is 0 Å². The van der Waals surface area contributed by atoms with Crippen molar-refractivity contribution in [2.45, 2.75) is 14.4 Å². The highest BCUT2D eigenvalue weighted by molar-refractivity contribution is 9.11. The number of imidazole rings is 2. The molecule has 6 aromatic rings. The summed E-state index contributed by atoms with van der Waals surface area (Å²) in [4.78, 5) is 38.4. The Labute approximate surface area is 293 Å². The van der Waals surface area contributed by atoms with E-state index in [9.17, 15) is 9.59 Å². The van der Waals surface area contributed by atoms with E-state index < -0.39 is 0 Å². The van der Waals surface area contributed by atoms with Gasteiger partial charge in [-0.15, -0.1) is 0 Å². The van der Waals surface area contributed by atoms with Crippen LogP contribution in [0, 0.1) is 6.92 Å². The number of benzene rings is 4. The van der Waals surface area contributed by atoms with Crippen LogP contribution < -0.4 is 22.1 Å². The zero-order valence-corrected chi connectivity index (χ0v) is 28.2. The predicted molar refractivity (Wildman–Crippen MR) is 198 cm³/mol. The lowest BCUT2D eigenvalue weighted by atomic mass is 10.1. The molecule has 2 aromatic heterocycles. The average Bonchev–Trinajstić information content (AvgIpc) is 3.65. The molecule has 0 aliphatic carbocycles. The third kappa shape index (κ3) is 9.55. The molecular weight excluding hydrogens is 748 g/mol. The van der Waals surface area contributed by atoms with Gasteiger partial charge in [-0.3, -0.25) is 9.59 Å². The Bertz CT molecular complexity index is 1820. The second-order valence-electron chi connectivity index (χ2n) is 10.1. The number of amides is 2. The lowest BCUT2D eigenvalue weighted by Gasteiger charge is -2.07. The van der Waals surface area contributed by atoms with Crippen LogP contribution >= 0.6 is 43.5 Å². The summed E-state index contributed by atoms with van der Waals surface area (Å²) in [5, 5.41) is 6.26. The number of carbonyl (C=O) groups is 2. The number of aryl methyl sites for hydroxylation is 1. The van der Waals surface area contributed by atoms with E-state index in [2.05, 4.69) is 62.4 Å². The Kier molecular flexibility index (Phi) is 11.6. The molecule has 0 saturated heterocycles. The number of anilines is 4. The highest BCUT2D eigenvalue weighted by Crippen LogP contribution is 2.24. The predicted octanol–water partition coefficient (Wildman–Crippen LogP) is 8.95. The van der Waals surface area contributed by atoms with Gasteiger partial charge < -0.3 is 32.1 Å². The lowest BCUT2D eigenvalue weighted by molar-refractivity contribution is 0.101.